The number of hydrogen-bond donors (Lipinski definition) is 0. The van der Waals surface area contributed by atoms with Gasteiger partial charge in [-0.25, -0.2) is 0 Å². The number of aryl methyl sites for hydroxylation is 1. The van der Waals surface area contributed by atoms with E-state index >= 15 is 0 Å². The maximum absolute atomic E-state index is 12.3. The molecule has 0 unspecified atom stereocenters. The number of amides is 1. The quantitative estimate of drug-likeness (QED) is 0.831. The van der Waals surface area contributed by atoms with Gasteiger partial charge in [-0.05, 0) is 62.7 Å². The van der Waals surface area contributed by atoms with Gasteiger partial charge in [-0.2, -0.15) is 0 Å². The fourth-order valence-electron chi connectivity index (χ4n) is 3.80. The van der Waals surface area contributed by atoms with Crippen molar-refractivity contribution in [1.29, 1.82) is 0 Å². The first-order chi connectivity index (χ1) is 11.1. The number of rotatable bonds is 5. The van der Waals surface area contributed by atoms with Crippen molar-refractivity contribution >= 4 is 5.91 Å². The maximum Gasteiger partial charge on any atom is 0.225 e. The summed E-state index contributed by atoms with van der Waals surface area (Å²) in [5.41, 5.74) is 2.84. The van der Waals surface area contributed by atoms with E-state index in [0.717, 1.165) is 39.0 Å². The molecule has 0 bridgehead atoms. The Labute approximate surface area is 140 Å². The molecule has 0 aromatic heterocycles. The number of benzene rings is 1. The number of nitrogens with zero attached hydrogens (tertiary/aromatic N) is 2. The minimum Gasteiger partial charge on any atom is -0.345 e. The molecule has 1 aromatic rings. The summed E-state index contributed by atoms with van der Waals surface area (Å²) in [4.78, 5) is 16.8. The molecule has 3 heteroatoms. The maximum atomic E-state index is 12.3. The topological polar surface area (TPSA) is 23.6 Å². The second-order valence-corrected chi connectivity index (χ2v) is 7.49. The molecule has 1 aliphatic heterocycles. The highest BCUT2D eigenvalue weighted by atomic mass is 16.2. The van der Waals surface area contributed by atoms with Crippen LogP contribution in [0.3, 0.4) is 0 Å². The smallest absolute Gasteiger partial charge is 0.225 e. The molecule has 3 nitrogen and oxygen atoms in total. The molecule has 1 aromatic carbocycles. The lowest BCUT2D eigenvalue weighted by atomic mass is 9.84. The molecule has 2 fully saturated rings. The van der Waals surface area contributed by atoms with Crippen LogP contribution >= 0.6 is 0 Å². The summed E-state index contributed by atoms with van der Waals surface area (Å²) in [5.74, 6) is 1.40. The summed E-state index contributed by atoms with van der Waals surface area (Å²) in [6.45, 7) is 6.53. The van der Waals surface area contributed by atoms with Gasteiger partial charge in [0.1, 0.15) is 0 Å². The normalized spacial score (nSPS) is 20.3. The lowest BCUT2D eigenvalue weighted by Crippen LogP contribution is -2.42. The van der Waals surface area contributed by atoms with E-state index in [1.54, 1.807) is 0 Å². The molecule has 0 atom stereocenters. The van der Waals surface area contributed by atoms with E-state index in [2.05, 4.69) is 36.1 Å². The largest absolute Gasteiger partial charge is 0.345 e. The SMILES string of the molecule is Cc1ccccc1CN1CCC(CN(C)C(=O)C2CCC2)CC1. The van der Waals surface area contributed by atoms with Gasteiger partial charge in [0.2, 0.25) is 5.91 Å². The number of carbonyl (C=O) groups is 1. The first-order valence-electron chi connectivity index (χ1n) is 9.15. The Hall–Kier alpha value is -1.35. The number of hydrogen-bond acceptors (Lipinski definition) is 2. The first kappa shape index (κ1) is 16.5. The molecule has 2 aliphatic rings. The van der Waals surface area contributed by atoms with Crippen molar-refractivity contribution in [3.8, 4) is 0 Å². The summed E-state index contributed by atoms with van der Waals surface area (Å²) >= 11 is 0. The third-order valence-electron chi connectivity index (χ3n) is 5.73. The lowest BCUT2D eigenvalue weighted by Gasteiger charge is -2.36. The van der Waals surface area contributed by atoms with Crippen LogP contribution in [0.1, 0.15) is 43.2 Å². The monoisotopic (exact) mass is 314 g/mol. The number of likely N-dealkylation sites (tertiary alicyclic amines) is 1. The van der Waals surface area contributed by atoms with Crippen LogP contribution in [0.25, 0.3) is 0 Å². The summed E-state index contributed by atoms with van der Waals surface area (Å²) in [6.07, 6.45) is 5.89. The van der Waals surface area contributed by atoms with E-state index in [9.17, 15) is 4.79 Å². The van der Waals surface area contributed by atoms with Gasteiger partial charge in [-0.15, -0.1) is 0 Å². The Bertz CT molecular complexity index is 530. The zero-order valence-corrected chi connectivity index (χ0v) is 14.6. The van der Waals surface area contributed by atoms with E-state index in [0.29, 0.717) is 17.7 Å². The van der Waals surface area contributed by atoms with Crippen molar-refractivity contribution in [2.75, 3.05) is 26.7 Å². The fourth-order valence-corrected chi connectivity index (χ4v) is 3.80. The molecule has 126 valence electrons. The molecule has 1 aliphatic carbocycles. The highest BCUT2D eigenvalue weighted by molar-refractivity contribution is 5.79. The second kappa shape index (κ2) is 7.48. The van der Waals surface area contributed by atoms with E-state index < -0.39 is 0 Å². The van der Waals surface area contributed by atoms with Crippen LogP contribution in [0, 0.1) is 18.8 Å². The van der Waals surface area contributed by atoms with Crippen LogP contribution in [0.15, 0.2) is 24.3 Å². The second-order valence-electron chi connectivity index (χ2n) is 7.49. The summed E-state index contributed by atoms with van der Waals surface area (Å²) < 4.78 is 0. The third kappa shape index (κ3) is 4.14. The minimum atomic E-state index is 0.334. The summed E-state index contributed by atoms with van der Waals surface area (Å²) in [6, 6.07) is 8.69. The Morgan fingerprint density at radius 3 is 2.48 bits per heavy atom. The van der Waals surface area contributed by atoms with Crippen LogP contribution in [0.4, 0.5) is 0 Å². The van der Waals surface area contributed by atoms with Gasteiger partial charge in [0.25, 0.3) is 0 Å². The molecular weight excluding hydrogens is 284 g/mol. The van der Waals surface area contributed by atoms with Crippen molar-refractivity contribution in [1.82, 2.24) is 9.80 Å². The number of carbonyl (C=O) groups excluding carboxylic acids is 1. The predicted octanol–water partition coefficient (Wildman–Crippen LogP) is 3.47. The van der Waals surface area contributed by atoms with Crippen LogP contribution in [-0.2, 0) is 11.3 Å². The highest BCUT2D eigenvalue weighted by Crippen LogP contribution is 2.29. The molecular formula is C20H30N2O. The van der Waals surface area contributed by atoms with Gasteiger partial charge < -0.3 is 4.90 Å². The molecule has 1 heterocycles. The Morgan fingerprint density at radius 1 is 1.17 bits per heavy atom. The van der Waals surface area contributed by atoms with Crippen molar-refractivity contribution in [2.45, 2.75) is 45.6 Å². The van der Waals surface area contributed by atoms with Crippen LogP contribution in [-0.4, -0.2) is 42.4 Å². The highest BCUT2D eigenvalue weighted by Gasteiger charge is 2.29. The van der Waals surface area contributed by atoms with Gasteiger partial charge in [-0.1, -0.05) is 30.7 Å². The van der Waals surface area contributed by atoms with E-state index in [1.807, 2.05) is 11.9 Å². The lowest BCUT2D eigenvalue weighted by molar-refractivity contribution is -0.137. The summed E-state index contributed by atoms with van der Waals surface area (Å²) in [7, 11) is 2.00. The van der Waals surface area contributed by atoms with E-state index in [1.165, 1.54) is 30.4 Å². The van der Waals surface area contributed by atoms with Crippen molar-refractivity contribution in [2.24, 2.45) is 11.8 Å². The predicted molar refractivity (Wildman–Crippen MR) is 94.2 cm³/mol. The molecule has 3 rings (SSSR count). The molecule has 23 heavy (non-hydrogen) atoms. The zero-order valence-electron chi connectivity index (χ0n) is 14.6. The van der Waals surface area contributed by atoms with Gasteiger partial charge in [0.05, 0.1) is 0 Å². The van der Waals surface area contributed by atoms with E-state index in [-0.39, 0.29) is 0 Å². The van der Waals surface area contributed by atoms with Crippen molar-refractivity contribution in [3.05, 3.63) is 35.4 Å². The van der Waals surface area contributed by atoms with Gasteiger partial charge in [-0.3, -0.25) is 9.69 Å². The average Bonchev–Trinajstić information content (AvgIpc) is 2.49. The summed E-state index contributed by atoms with van der Waals surface area (Å²) in [5, 5.41) is 0. The van der Waals surface area contributed by atoms with E-state index in [4.69, 9.17) is 0 Å². The fraction of sp³-hybridized carbons (Fsp3) is 0.650. The Kier molecular flexibility index (Phi) is 5.37. The van der Waals surface area contributed by atoms with Crippen molar-refractivity contribution < 1.29 is 4.79 Å². The van der Waals surface area contributed by atoms with Gasteiger partial charge in [0, 0.05) is 26.1 Å². The number of piperidine rings is 1. The van der Waals surface area contributed by atoms with Gasteiger partial charge in [0.15, 0.2) is 0 Å². The molecule has 1 saturated carbocycles. The molecule has 0 N–H and O–H groups in total. The first-order valence-corrected chi connectivity index (χ1v) is 9.15. The molecule has 0 spiro atoms. The standard InChI is InChI=1S/C20H30N2O/c1-16-6-3-4-7-19(16)15-22-12-10-17(11-13-22)14-21(2)20(23)18-8-5-9-18/h3-4,6-7,17-18H,5,8-15H2,1-2H3. The van der Waals surface area contributed by atoms with Crippen molar-refractivity contribution in [3.63, 3.8) is 0 Å². The molecule has 1 saturated heterocycles. The third-order valence-corrected chi connectivity index (χ3v) is 5.73. The van der Waals surface area contributed by atoms with Gasteiger partial charge >= 0.3 is 0 Å². The zero-order chi connectivity index (χ0) is 16.2. The van der Waals surface area contributed by atoms with Crippen LogP contribution < -0.4 is 0 Å². The van der Waals surface area contributed by atoms with Crippen LogP contribution in [0.2, 0.25) is 0 Å². The Morgan fingerprint density at radius 2 is 1.87 bits per heavy atom. The molecule has 1 amide bonds. The Balaban J connectivity index is 1.43. The van der Waals surface area contributed by atoms with Crippen LogP contribution in [0.5, 0.6) is 0 Å². The average molecular weight is 314 g/mol. The molecule has 0 radical (unpaired) electrons. The minimum absolute atomic E-state index is 0.334.